The number of aliphatic hydroxyl groups excluding tert-OH is 1. The van der Waals surface area contributed by atoms with Gasteiger partial charge in [-0.05, 0) is 37.1 Å². The highest BCUT2D eigenvalue weighted by molar-refractivity contribution is 5.97. The average molecular weight is 287 g/mol. The molecule has 1 aliphatic carbocycles. The first-order valence-corrected chi connectivity index (χ1v) is 6.79. The van der Waals surface area contributed by atoms with E-state index in [4.69, 9.17) is 4.52 Å². The van der Waals surface area contributed by atoms with Crippen LogP contribution in [0.25, 0.3) is 11.3 Å². The lowest BCUT2D eigenvalue weighted by atomic mass is 9.92. The van der Waals surface area contributed by atoms with Crippen molar-refractivity contribution in [3.05, 3.63) is 53.5 Å². The van der Waals surface area contributed by atoms with Crippen LogP contribution in [-0.4, -0.2) is 16.0 Å². The van der Waals surface area contributed by atoms with E-state index in [1.165, 1.54) is 12.1 Å². The smallest absolute Gasteiger partial charge is 0.167 e. The van der Waals surface area contributed by atoms with Gasteiger partial charge in [0.2, 0.25) is 0 Å². The molecule has 0 fully saturated rings. The Hall–Kier alpha value is -2.27. The number of carbonyl (C=O) groups is 1. The van der Waals surface area contributed by atoms with Crippen LogP contribution in [0.3, 0.4) is 0 Å². The molecule has 0 saturated carbocycles. The van der Waals surface area contributed by atoms with Crippen LogP contribution in [0.4, 0.5) is 4.39 Å². The molecule has 0 radical (unpaired) electrons. The lowest BCUT2D eigenvalue weighted by Crippen LogP contribution is -2.14. The van der Waals surface area contributed by atoms with E-state index in [1.807, 2.05) is 0 Å². The number of halogens is 1. The lowest BCUT2D eigenvalue weighted by Gasteiger charge is -2.15. The predicted octanol–water partition coefficient (Wildman–Crippen LogP) is 3.19. The van der Waals surface area contributed by atoms with Crippen molar-refractivity contribution in [2.75, 3.05) is 0 Å². The van der Waals surface area contributed by atoms with Gasteiger partial charge in [0, 0.05) is 23.6 Å². The molecule has 1 aromatic carbocycles. The number of ketones is 1. The van der Waals surface area contributed by atoms with Gasteiger partial charge in [0.05, 0.1) is 0 Å². The van der Waals surface area contributed by atoms with Crippen LogP contribution in [0, 0.1) is 5.82 Å². The highest BCUT2D eigenvalue weighted by atomic mass is 19.1. The van der Waals surface area contributed by atoms with Gasteiger partial charge in [-0.15, -0.1) is 0 Å². The van der Waals surface area contributed by atoms with Crippen LogP contribution in [0.15, 0.2) is 46.5 Å². The molecule has 1 atom stereocenters. The first kappa shape index (κ1) is 13.7. The Morgan fingerprint density at radius 2 is 2.05 bits per heavy atom. The zero-order valence-corrected chi connectivity index (χ0v) is 11.3. The number of hydrogen-bond donors (Lipinski definition) is 1. The van der Waals surface area contributed by atoms with E-state index < -0.39 is 6.10 Å². The van der Waals surface area contributed by atoms with E-state index in [2.05, 4.69) is 5.16 Å². The monoisotopic (exact) mass is 287 g/mol. The fourth-order valence-corrected chi connectivity index (χ4v) is 2.37. The first-order valence-electron chi connectivity index (χ1n) is 6.79. The molecular formula is C16H14FNO3. The third-order valence-corrected chi connectivity index (χ3v) is 3.53. The molecular weight excluding hydrogens is 273 g/mol. The summed E-state index contributed by atoms with van der Waals surface area (Å²) in [6.07, 6.45) is 2.72. The van der Waals surface area contributed by atoms with Crippen molar-refractivity contribution in [2.24, 2.45) is 0 Å². The predicted molar refractivity (Wildman–Crippen MR) is 73.8 cm³/mol. The molecule has 1 N–H and O–H groups in total. The summed E-state index contributed by atoms with van der Waals surface area (Å²) in [4.78, 5) is 11.8. The minimum atomic E-state index is -1.07. The number of carbonyl (C=O) groups excluding carboxylic acids is 1. The second kappa shape index (κ2) is 5.61. The minimum absolute atomic E-state index is 0.0555. The summed E-state index contributed by atoms with van der Waals surface area (Å²) < 4.78 is 18.1. The fourth-order valence-electron chi connectivity index (χ4n) is 2.37. The number of nitrogens with zero attached hydrogens (tertiary/aromatic N) is 1. The van der Waals surface area contributed by atoms with Crippen LogP contribution < -0.4 is 0 Å². The molecule has 0 spiro atoms. The maximum absolute atomic E-state index is 12.9. The van der Waals surface area contributed by atoms with E-state index in [0.29, 0.717) is 23.3 Å². The van der Waals surface area contributed by atoms with Gasteiger partial charge >= 0.3 is 0 Å². The number of aliphatic hydroxyl groups is 1. The van der Waals surface area contributed by atoms with Gasteiger partial charge in [0.1, 0.15) is 17.6 Å². The quantitative estimate of drug-likeness (QED) is 0.941. The molecule has 3 rings (SSSR count). The number of benzene rings is 1. The van der Waals surface area contributed by atoms with Gasteiger partial charge in [-0.25, -0.2) is 4.39 Å². The molecule has 0 amide bonds. The minimum Gasteiger partial charge on any atom is -0.382 e. The van der Waals surface area contributed by atoms with Crippen molar-refractivity contribution in [1.82, 2.24) is 5.16 Å². The van der Waals surface area contributed by atoms with E-state index in [0.717, 1.165) is 12.8 Å². The van der Waals surface area contributed by atoms with Gasteiger partial charge in [-0.2, -0.15) is 0 Å². The first-order chi connectivity index (χ1) is 10.1. The molecule has 4 nitrogen and oxygen atoms in total. The highest BCUT2D eigenvalue weighted by Gasteiger charge is 2.25. The summed E-state index contributed by atoms with van der Waals surface area (Å²) in [7, 11) is 0. The molecule has 1 aromatic heterocycles. The number of aromatic nitrogens is 1. The number of hydrogen-bond acceptors (Lipinski definition) is 4. The van der Waals surface area contributed by atoms with Gasteiger partial charge in [-0.1, -0.05) is 11.2 Å². The van der Waals surface area contributed by atoms with E-state index in [-0.39, 0.29) is 17.3 Å². The van der Waals surface area contributed by atoms with Crippen LogP contribution >= 0.6 is 0 Å². The van der Waals surface area contributed by atoms with Crippen molar-refractivity contribution in [2.45, 2.75) is 25.4 Å². The summed E-state index contributed by atoms with van der Waals surface area (Å²) in [6.45, 7) is 0. The maximum Gasteiger partial charge on any atom is 0.167 e. The third kappa shape index (κ3) is 2.78. The normalized spacial score (nSPS) is 16.7. The Morgan fingerprint density at radius 1 is 1.29 bits per heavy atom. The third-order valence-electron chi connectivity index (χ3n) is 3.53. The van der Waals surface area contributed by atoms with Gasteiger partial charge in [0.25, 0.3) is 0 Å². The second-order valence-corrected chi connectivity index (χ2v) is 5.00. The molecule has 5 heteroatoms. The van der Waals surface area contributed by atoms with Gasteiger partial charge in [0.15, 0.2) is 11.5 Å². The molecule has 0 aliphatic heterocycles. The summed E-state index contributed by atoms with van der Waals surface area (Å²) in [5.74, 6) is 0.0319. The Labute approximate surface area is 120 Å². The van der Waals surface area contributed by atoms with E-state index >= 15 is 0 Å². The Balaban J connectivity index is 1.86. The SMILES string of the molecule is O=C1CCCC=C1C(O)c1cc(-c2ccc(F)cc2)on1. The molecule has 2 aromatic rings. The Kier molecular flexibility index (Phi) is 3.66. The summed E-state index contributed by atoms with van der Waals surface area (Å²) in [5.41, 5.74) is 1.32. The van der Waals surface area contributed by atoms with Crippen LogP contribution in [-0.2, 0) is 4.79 Å². The molecule has 1 heterocycles. The largest absolute Gasteiger partial charge is 0.382 e. The summed E-state index contributed by atoms with van der Waals surface area (Å²) in [6, 6.07) is 7.34. The van der Waals surface area contributed by atoms with Gasteiger partial charge < -0.3 is 9.63 Å². The number of rotatable bonds is 3. The maximum atomic E-state index is 12.9. The zero-order valence-electron chi connectivity index (χ0n) is 11.3. The number of allylic oxidation sites excluding steroid dienone is 1. The van der Waals surface area contributed by atoms with Crippen LogP contribution in [0.2, 0.25) is 0 Å². The zero-order chi connectivity index (χ0) is 14.8. The van der Waals surface area contributed by atoms with Crippen molar-refractivity contribution in [1.29, 1.82) is 0 Å². The second-order valence-electron chi connectivity index (χ2n) is 5.00. The Bertz CT molecular complexity index is 688. The Morgan fingerprint density at radius 3 is 2.76 bits per heavy atom. The van der Waals surface area contributed by atoms with Crippen molar-refractivity contribution >= 4 is 5.78 Å². The van der Waals surface area contributed by atoms with Crippen LogP contribution in [0.1, 0.15) is 31.1 Å². The molecule has 1 aliphatic rings. The van der Waals surface area contributed by atoms with Crippen molar-refractivity contribution in [3.63, 3.8) is 0 Å². The number of Topliss-reactive ketones (excluding diaryl/α,β-unsaturated/α-hetero) is 1. The van der Waals surface area contributed by atoms with E-state index in [9.17, 15) is 14.3 Å². The summed E-state index contributed by atoms with van der Waals surface area (Å²) >= 11 is 0. The average Bonchev–Trinajstić information content (AvgIpc) is 2.98. The lowest BCUT2D eigenvalue weighted by molar-refractivity contribution is -0.117. The van der Waals surface area contributed by atoms with Crippen LogP contribution in [0.5, 0.6) is 0 Å². The van der Waals surface area contributed by atoms with Gasteiger partial charge in [-0.3, -0.25) is 4.79 Å². The molecule has 1 unspecified atom stereocenters. The topological polar surface area (TPSA) is 63.3 Å². The molecule has 21 heavy (non-hydrogen) atoms. The highest BCUT2D eigenvalue weighted by Crippen LogP contribution is 2.29. The summed E-state index contributed by atoms with van der Waals surface area (Å²) in [5, 5.41) is 14.1. The van der Waals surface area contributed by atoms with E-state index in [1.54, 1.807) is 24.3 Å². The molecule has 0 saturated heterocycles. The standard InChI is InChI=1S/C16H14FNO3/c17-11-7-5-10(6-8-11)15-9-13(18-21-15)16(20)12-3-1-2-4-14(12)19/h3,5-9,16,20H,1-2,4H2. The molecule has 108 valence electrons. The fraction of sp³-hybridized carbons (Fsp3) is 0.250. The molecule has 0 bridgehead atoms. The van der Waals surface area contributed by atoms with Crippen molar-refractivity contribution in [3.8, 4) is 11.3 Å². The van der Waals surface area contributed by atoms with Crippen molar-refractivity contribution < 1.29 is 18.8 Å².